The molecule has 0 fully saturated rings. The van der Waals surface area contributed by atoms with E-state index in [2.05, 4.69) is 20.6 Å². The van der Waals surface area contributed by atoms with E-state index in [0.29, 0.717) is 5.56 Å². The SMILES string of the molecule is CC(C)(C)OC(=O)NCC(=O)NC(CC(=O)O)c1cc(-c2cncnc2)cc(C(C)(C)C)c1. The van der Waals surface area contributed by atoms with Gasteiger partial charge in [-0.25, -0.2) is 14.8 Å². The maximum atomic E-state index is 12.5. The van der Waals surface area contributed by atoms with Crippen molar-refractivity contribution in [1.29, 1.82) is 0 Å². The molecule has 33 heavy (non-hydrogen) atoms. The van der Waals surface area contributed by atoms with Crippen LogP contribution in [0.1, 0.15) is 65.1 Å². The molecule has 2 amide bonds. The molecule has 1 unspecified atom stereocenters. The van der Waals surface area contributed by atoms with Gasteiger partial charge in [0.05, 0.1) is 12.5 Å². The van der Waals surface area contributed by atoms with Gasteiger partial charge in [0, 0.05) is 18.0 Å². The van der Waals surface area contributed by atoms with Crippen LogP contribution in [0.2, 0.25) is 0 Å². The first-order valence-corrected chi connectivity index (χ1v) is 10.6. The number of rotatable bonds is 7. The third-order valence-electron chi connectivity index (χ3n) is 4.62. The summed E-state index contributed by atoms with van der Waals surface area (Å²) in [5, 5.41) is 14.6. The number of aromatic nitrogens is 2. The zero-order valence-corrected chi connectivity index (χ0v) is 19.9. The van der Waals surface area contributed by atoms with E-state index < -0.39 is 29.6 Å². The van der Waals surface area contributed by atoms with Gasteiger partial charge in [-0.2, -0.15) is 0 Å². The Bertz CT molecular complexity index is 994. The van der Waals surface area contributed by atoms with Gasteiger partial charge in [-0.3, -0.25) is 9.59 Å². The summed E-state index contributed by atoms with van der Waals surface area (Å²) in [7, 11) is 0. The molecule has 0 aliphatic rings. The molecule has 2 aromatic rings. The lowest BCUT2D eigenvalue weighted by molar-refractivity contribution is -0.137. The number of aliphatic carboxylic acids is 1. The highest BCUT2D eigenvalue weighted by Gasteiger charge is 2.23. The fraction of sp³-hybridized carbons (Fsp3) is 0.458. The van der Waals surface area contributed by atoms with Gasteiger partial charge in [0.25, 0.3) is 0 Å². The van der Waals surface area contributed by atoms with Gasteiger partial charge < -0.3 is 20.5 Å². The van der Waals surface area contributed by atoms with E-state index in [1.807, 2.05) is 39.0 Å². The fourth-order valence-electron chi connectivity index (χ4n) is 3.04. The monoisotopic (exact) mass is 456 g/mol. The number of carbonyl (C=O) groups excluding carboxylic acids is 2. The summed E-state index contributed by atoms with van der Waals surface area (Å²) < 4.78 is 5.12. The first-order valence-electron chi connectivity index (χ1n) is 10.6. The fourth-order valence-corrected chi connectivity index (χ4v) is 3.04. The van der Waals surface area contributed by atoms with Crippen molar-refractivity contribution in [1.82, 2.24) is 20.6 Å². The van der Waals surface area contributed by atoms with E-state index in [0.717, 1.165) is 16.7 Å². The number of amides is 2. The molecule has 1 atom stereocenters. The van der Waals surface area contributed by atoms with Gasteiger partial charge in [-0.15, -0.1) is 0 Å². The predicted octanol–water partition coefficient (Wildman–Crippen LogP) is 3.60. The standard InChI is InChI=1S/C24H32N4O5/c1-23(2,3)18-8-15(17-11-25-14-26-12-17)7-16(9-18)19(10-21(30)31)28-20(29)13-27-22(32)33-24(4,5)6/h7-9,11-12,14,19H,10,13H2,1-6H3,(H,27,32)(H,28,29)(H,30,31). The molecule has 0 radical (unpaired) electrons. The van der Waals surface area contributed by atoms with Crippen molar-refractivity contribution in [3.05, 3.63) is 48.0 Å². The highest BCUT2D eigenvalue weighted by Crippen LogP contribution is 2.32. The highest BCUT2D eigenvalue weighted by molar-refractivity contribution is 5.83. The maximum absolute atomic E-state index is 12.5. The van der Waals surface area contributed by atoms with E-state index in [1.54, 1.807) is 33.2 Å². The third-order valence-corrected chi connectivity index (χ3v) is 4.62. The Hall–Kier alpha value is -3.49. The van der Waals surface area contributed by atoms with Gasteiger partial charge in [-0.1, -0.05) is 32.9 Å². The molecule has 0 aliphatic heterocycles. The summed E-state index contributed by atoms with van der Waals surface area (Å²) in [6.07, 6.45) is 3.73. The number of carbonyl (C=O) groups is 3. The van der Waals surface area contributed by atoms with Crippen LogP contribution in [-0.2, 0) is 19.7 Å². The molecule has 178 valence electrons. The summed E-state index contributed by atoms with van der Waals surface area (Å²) in [4.78, 5) is 44.0. The number of carboxylic acids is 1. The largest absolute Gasteiger partial charge is 0.481 e. The zero-order valence-electron chi connectivity index (χ0n) is 19.9. The van der Waals surface area contributed by atoms with Crippen LogP contribution in [0.25, 0.3) is 11.1 Å². The molecular weight excluding hydrogens is 424 g/mol. The smallest absolute Gasteiger partial charge is 0.408 e. The second kappa shape index (κ2) is 10.4. The Labute approximate surface area is 194 Å². The first kappa shape index (κ1) is 25.8. The molecule has 0 spiro atoms. The zero-order chi connectivity index (χ0) is 24.8. The Kier molecular flexibility index (Phi) is 8.13. The minimum Gasteiger partial charge on any atom is -0.481 e. The number of carboxylic acid groups (broad SMARTS) is 1. The lowest BCUT2D eigenvalue weighted by atomic mass is 9.83. The predicted molar refractivity (Wildman–Crippen MR) is 124 cm³/mol. The first-order chi connectivity index (χ1) is 15.2. The number of alkyl carbamates (subject to hydrolysis) is 1. The van der Waals surface area contributed by atoms with Gasteiger partial charge in [0.2, 0.25) is 5.91 Å². The molecule has 2 rings (SSSR count). The van der Waals surface area contributed by atoms with Crippen molar-refractivity contribution >= 4 is 18.0 Å². The molecule has 9 nitrogen and oxygen atoms in total. The molecule has 1 aromatic heterocycles. The van der Waals surface area contributed by atoms with Gasteiger partial charge in [-0.05, 0) is 48.9 Å². The van der Waals surface area contributed by atoms with E-state index >= 15 is 0 Å². The summed E-state index contributed by atoms with van der Waals surface area (Å²) in [6.45, 7) is 10.9. The van der Waals surface area contributed by atoms with Crippen LogP contribution in [0.15, 0.2) is 36.9 Å². The Morgan fingerprint density at radius 2 is 1.64 bits per heavy atom. The Morgan fingerprint density at radius 1 is 1.00 bits per heavy atom. The number of ether oxygens (including phenoxy) is 1. The normalized spacial score (nSPS) is 12.5. The molecule has 0 bridgehead atoms. The van der Waals surface area contributed by atoms with E-state index in [9.17, 15) is 19.5 Å². The third kappa shape index (κ3) is 8.51. The number of nitrogens with zero attached hydrogens (tertiary/aromatic N) is 2. The minimum atomic E-state index is -1.06. The summed E-state index contributed by atoms with van der Waals surface area (Å²) >= 11 is 0. The molecule has 3 N–H and O–H groups in total. The number of nitrogens with one attached hydrogen (secondary N) is 2. The van der Waals surface area contributed by atoms with Crippen molar-refractivity contribution in [2.75, 3.05) is 6.54 Å². The average molecular weight is 457 g/mol. The van der Waals surface area contributed by atoms with Crippen molar-refractivity contribution in [2.24, 2.45) is 0 Å². The van der Waals surface area contributed by atoms with Crippen LogP contribution in [-0.4, -0.2) is 45.2 Å². The van der Waals surface area contributed by atoms with Gasteiger partial charge in [0.1, 0.15) is 18.5 Å². The molecule has 0 aliphatic carbocycles. The summed E-state index contributed by atoms with van der Waals surface area (Å²) in [5.41, 5.74) is 2.27. The van der Waals surface area contributed by atoms with Crippen LogP contribution in [0.5, 0.6) is 0 Å². The Balaban J connectivity index is 2.32. The quantitative estimate of drug-likeness (QED) is 0.580. The van der Waals surface area contributed by atoms with Crippen LogP contribution >= 0.6 is 0 Å². The van der Waals surface area contributed by atoms with Crippen molar-refractivity contribution in [2.45, 2.75) is 65.0 Å². The summed E-state index contributed by atoms with van der Waals surface area (Å²) in [6, 6.07) is 4.92. The molecular formula is C24H32N4O5. The van der Waals surface area contributed by atoms with Crippen molar-refractivity contribution in [3.8, 4) is 11.1 Å². The lowest BCUT2D eigenvalue weighted by Gasteiger charge is -2.25. The second-order valence-electron chi connectivity index (χ2n) is 9.79. The molecule has 0 saturated carbocycles. The van der Waals surface area contributed by atoms with Crippen LogP contribution in [0.4, 0.5) is 4.79 Å². The second-order valence-corrected chi connectivity index (χ2v) is 9.79. The minimum absolute atomic E-state index is 0.226. The number of hydrogen-bond donors (Lipinski definition) is 3. The van der Waals surface area contributed by atoms with Crippen molar-refractivity contribution < 1.29 is 24.2 Å². The maximum Gasteiger partial charge on any atom is 0.408 e. The van der Waals surface area contributed by atoms with E-state index in [-0.39, 0.29) is 18.4 Å². The molecule has 9 heteroatoms. The lowest BCUT2D eigenvalue weighted by Crippen LogP contribution is -2.41. The van der Waals surface area contributed by atoms with E-state index in [1.165, 1.54) is 6.33 Å². The van der Waals surface area contributed by atoms with Crippen LogP contribution in [0.3, 0.4) is 0 Å². The van der Waals surface area contributed by atoms with Crippen LogP contribution in [0, 0.1) is 0 Å². The Morgan fingerprint density at radius 3 is 2.18 bits per heavy atom. The van der Waals surface area contributed by atoms with Crippen LogP contribution < -0.4 is 10.6 Å². The van der Waals surface area contributed by atoms with E-state index in [4.69, 9.17) is 4.74 Å². The van der Waals surface area contributed by atoms with Gasteiger partial charge in [0.15, 0.2) is 0 Å². The molecule has 1 heterocycles. The van der Waals surface area contributed by atoms with Gasteiger partial charge >= 0.3 is 12.1 Å². The summed E-state index contributed by atoms with van der Waals surface area (Å²) in [5.74, 6) is -1.59. The number of hydrogen-bond acceptors (Lipinski definition) is 6. The highest BCUT2D eigenvalue weighted by atomic mass is 16.6. The molecule has 0 saturated heterocycles. The molecule has 1 aromatic carbocycles. The number of benzene rings is 1. The average Bonchev–Trinajstić information content (AvgIpc) is 2.70. The topological polar surface area (TPSA) is 131 Å². The van der Waals surface area contributed by atoms with Crippen molar-refractivity contribution in [3.63, 3.8) is 0 Å².